The van der Waals surface area contributed by atoms with Crippen LogP contribution in [0.25, 0.3) is 0 Å². The summed E-state index contributed by atoms with van der Waals surface area (Å²) >= 11 is 6.02. The van der Waals surface area contributed by atoms with Crippen LogP contribution in [0.15, 0.2) is 84.9 Å². The van der Waals surface area contributed by atoms with Crippen molar-refractivity contribution in [1.82, 2.24) is 10.2 Å². The van der Waals surface area contributed by atoms with Gasteiger partial charge in [-0.2, -0.15) is 0 Å². The standard InChI is InChI=1S/C29H32ClFN2O2/c30-26-13-11-23(12-14-26)28(35)15-20-33(21-16-28)22-17-29(27(34)32-19-18-31,24-7-3-1-4-8-24)25-9-5-2-6-10-25/h1-14,35H,15-22H2,(H,32,34)/i31-1. The summed E-state index contributed by atoms with van der Waals surface area (Å²) in [5.41, 5.74) is 0.835. The van der Waals surface area contributed by atoms with Gasteiger partial charge < -0.3 is 15.3 Å². The van der Waals surface area contributed by atoms with E-state index < -0.39 is 17.7 Å². The van der Waals surface area contributed by atoms with Gasteiger partial charge in [0.25, 0.3) is 0 Å². The summed E-state index contributed by atoms with van der Waals surface area (Å²) in [6.45, 7) is 1.47. The second-order valence-corrected chi connectivity index (χ2v) is 9.65. The number of nitrogens with one attached hydrogen (secondary N) is 1. The zero-order chi connectivity index (χ0) is 24.7. The van der Waals surface area contributed by atoms with Crippen molar-refractivity contribution in [2.75, 3.05) is 32.9 Å². The van der Waals surface area contributed by atoms with Crippen molar-refractivity contribution in [3.63, 3.8) is 0 Å². The largest absolute Gasteiger partial charge is 0.385 e. The minimum atomic E-state index is -0.943. The Hall–Kier alpha value is -2.73. The summed E-state index contributed by atoms with van der Waals surface area (Å²) in [6, 6.07) is 26.9. The van der Waals surface area contributed by atoms with E-state index in [4.69, 9.17) is 11.6 Å². The van der Waals surface area contributed by atoms with Crippen LogP contribution in [0.5, 0.6) is 0 Å². The SMILES string of the molecule is O=C(NCC[18F])C(CCN1CCC(O)(c2ccc(Cl)cc2)CC1)(c1ccccc1)c1ccccc1. The predicted octanol–water partition coefficient (Wildman–Crippen LogP) is 5.09. The first-order valence-electron chi connectivity index (χ1n) is 12.1. The maximum atomic E-state index is 13.7. The normalized spacial score (nSPS) is 16.1. The highest BCUT2D eigenvalue weighted by Gasteiger charge is 2.42. The molecule has 0 unspecified atom stereocenters. The number of alkyl halides is 1. The van der Waals surface area contributed by atoms with Gasteiger partial charge in [-0.25, -0.2) is 4.39 Å². The molecule has 0 aromatic heterocycles. The Morgan fingerprint density at radius 1 is 0.943 bits per heavy atom. The molecule has 0 aliphatic carbocycles. The molecule has 0 bridgehead atoms. The van der Waals surface area contributed by atoms with Crippen molar-refractivity contribution >= 4 is 17.5 Å². The van der Waals surface area contributed by atoms with Gasteiger partial charge in [0, 0.05) is 24.7 Å². The van der Waals surface area contributed by atoms with Crippen molar-refractivity contribution in [2.45, 2.75) is 30.3 Å². The van der Waals surface area contributed by atoms with Gasteiger partial charge in [0.2, 0.25) is 5.91 Å². The van der Waals surface area contributed by atoms with Gasteiger partial charge in [-0.1, -0.05) is 84.4 Å². The lowest BCUT2D eigenvalue weighted by Gasteiger charge is -2.41. The minimum Gasteiger partial charge on any atom is -0.385 e. The van der Waals surface area contributed by atoms with Gasteiger partial charge in [0.05, 0.1) is 5.60 Å². The Balaban J connectivity index is 1.56. The number of piperidine rings is 1. The molecule has 35 heavy (non-hydrogen) atoms. The fourth-order valence-corrected chi connectivity index (χ4v) is 5.24. The van der Waals surface area contributed by atoms with Gasteiger partial charge >= 0.3 is 0 Å². The number of carbonyl (C=O) groups is 1. The number of hydrogen-bond acceptors (Lipinski definition) is 3. The molecule has 4 rings (SSSR count). The molecule has 4 nitrogen and oxygen atoms in total. The van der Waals surface area contributed by atoms with E-state index in [1.807, 2.05) is 84.9 Å². The lowest BCUT2D eigenvalue weighted by atomic mass is 9.71. The predicted molar refractivity (Wildman–Crippen MR) is 138 cm³/mol. The van der Waals surface area contributed by atoms with Crippen LogP contribution in [-0.2, 0) is 15.8 Å². The first kappa shape index (κ1) is 25.4. The molecule has 184 valence electrons. The zero-order valence-electron chi connectivity index (χ0n) is 19.8. The quantitative estimate of drug-likeness (QED) is 0.437. The smallest absolute Gasteiger partial charge is 0.235 e. The number of halogens is 2. The maximum Gasteiger partial charge on any atom is 0.235 e. The highest BCUT2D eigenvalue weighted by molar-refractivity contribution is 6.30. The summed E-state index contributed by atoms with van der Waals surface area (Å²) < 4.78 is 13.0. The fraction of sp³-hybridized carbons (Fsp3) is 0.345. The molecule has 1 amide bonds. The van der Waals surface area contributed by atoms with Crippen LogP contribution in [0, 0.1) is 0 Å². The Labute approximate surface area is 211 Å². The Kier molecular flexibility index (Phi) is 8.22. The van der Waals surface area contributed by atoms with E-state index >= 15 is 0 Å². The first-order valence-corrected chi connectivity index (χ1v) is 12.5. The third-order valence-corrected chi connectivity index (χ3v) is 7.42. The zero-order valence-corrected chi connectivity index (χ0v) is 20.6. The van der Waals surface area contributed by atoms with E-state index in [0.717, 1.165) is 16.7 Å². The third-order valence-electron chi connectivity index (χ3n) is 7.17. The van der Waals surface area contributed by atoms with Crippen molar-refractivity contribution in [2.24, 2.45) is 0 Å². The van der Waals surface area contributed by atoms with Crippen molar-refractivity contribution in [3.05, 3.63) is 107 Å². The van der Waals surface area contributed by atoms with E-state index in [9.17, 15) is 14.3 Å². The lowest BCUT2D eigenvalue weighted by Crippen LogP contribution is -2.49. The second kappa shape index (κ2) is 11.3. The van der Waals surface area contributed by atoms with E-state index in [-0.39, 0.29) is 12.5 Å². The maximum absolute atomic E-state index is 13.7. The van der Waals surface area contributed by atoms with Crippen LogP contribution in [-0.4, -0.2) is 48.8 Å². The van der Waals surface area contributed by atoms with E-state index in [1.165, 1.54) is 0 Å². The summed E-state index contributed by atoms with van der Waals surface area (Å²) in [5.74, 6) is -0.192. The van der Waals surface area contributed by atoms with E-state index in [0.29, 0.717) is 43.9 Å². The van der Waals surface area contributed by atoms with Crippen molar-refractivity contribution in [1.29, 1.82) is 0 Å². The fourth-order valence-electron chi connectivity index (χ4n) is 5.11. The van der Waals surface area contributed by atoms with Crippen LogP contribution >= 0.6 is 11.6 Å². The molecule has 1 heterocycles. The number of hydrogen-bond donors (Lipinski definition) is 2. The summed E-state index contributed by atoms with van der Waals surface area (Å²) in [6.07, 6.45) is 1.75. The van der Waals surface area contributed by atoms with Crippen LogP contribution < -0.4 is 5.32 Å². The minimum absolute atomic E-state index is 0.0158. The molecule has 3 aromatic carbocycles. The van der Waals surface area contributed by atoms with Gasteiger partial charge in [0.1, 0.15) is 12.1 Å². The van der Waals surface area contributed by atoms with E-state index in [1.54, 1.807) is 0 Å². The number of benzene rings is 3. The highest BCUT2D eigenvalue weighted by Crippen LogP contribution is 2.38. The molecule has 1 aliphatic heterocycles. The number of aliphatic hydroxyl groups is 1. The topological polar surface area (TPSA) is 52.6 Å². The molecular weight excluding hydrogens is 462 g/mol. The molecule has 0 radical (unpaired) electrons. The second-order valence-electron chi connectivity index (χ2n) is 9.21. The molecule has 0 spiro atoms. The number of carbonyl (C=O) groups excluding carboxylic acids is 1. The first-order chi connectivity index (χ1) is 17.0. The van der Waals surface area contributed by atoms with Crippen LogP contribution in [0.4, 0.5) is 4.39 Å². The Morgan fingerprint density at radius 3 is 2.00 bits per heavy atom. The van der Waals surface area contributed by atoms with Crippen LogP contribution in [0.2, 0.25) is 5.02 Å². The molecule has 1 saturated heterocycles. The number of rotatable bonds is 9. The summed E-state index contributed by atoms with van der Waals surface area (Å²) in [5, 5.41) is 14.7. The average molecular weight is 494 g/mol. The Morgan fingerprint density at radius 2 is 1.49 bits per heavy atom. The average Bonchev–Trinajstić information content (AvgIpc) is 2.90. The highest BCUT2D eigenvalue weighted by atomic mass is 35.5. The summed E-state index contributed by atoms with van der Waals surface area (Å²) in [4.78, 5) is 16.0. The molecule has 3 aromatic rings. The molecule has 0 saturated carbocycles. The van der Waals surface area contributed by atoms with Gasteiger partial charge in [-0.3, -0.25) is 4.79 Å². The van der Waals surface area contributed by atoms with Gasteiger partial charge in [-0.15, -0.1) is 0 Å². The van der Waals surface area contributed by atoms with Gasteiger partial charge in [0.15, 0.2) is 0 Å². The monoisotopic (exact) mass is 493 g/mol. The number of likely N-dealkylation sites (tertiary alicyclic amines) is 1. The van der Waals surface area contributed by atoms with E-state index in [2.05, 4.69) is 10.2 Å². The lowest BCUT2D eigenvalue weighted by molar-refractivity contribution is -0.126. The molecule has 1 aliphatic rings. The molecule has 0 atom stereocenters. The molecule has 1 fully saturated rings. The molecule has 6 heteroatoms. The van der Waals surface area contributed by atoms with Crippen molar-refractivity contribution < 1.29 is 14.3 Å². The molecular formula is C29H32ClFN2O2. The van der Waals surface area contributed by atoms with Crippen LogP contribution in [0.3, 0.4) is 0 Å². The third kappa shape index (κ3) is 5.58. The molecule has 2 N–H and O–H groups in total. The van der Waals surface area contributed by atoms with Crippen LogP contribution in [0.1, 0.15) is 36.0 Å². The summed E-state index contributed by atoms with van der Waals surface area (Å²) in [7, 11) is 0. The van der Waals surface area contributed by atoms with Gasteiger partial charge in [-0.05, 0) is 54.6 Å². The number of amides is 1. The van der Waals surface area contributed by atoms with Crippen molar-refractivity contribution in [3.8, 4) is 0 Å². The Bertz CT molecular complexity index is 1050. The number of nitrogens with zero attached hydrogens (tertiary/aromatic N) is 1.